The summed E-state index contributed by atoms with van der Waals surface area (Å²) < 4.78 is 0. The Morgan fingerprint density at radius 1 is 0.962 bits per heavy atom. The van der Waals surface area contributed by atoms with Gasteiger partial charge in [0.15, 0.2) is 0 Å². The Balaban J connectivity index is 1.51. The molecule has 1 amide bonds. The fourth-order valence-electron chi connectivity index (χ4n) is 4.44. The summed E-state index contributed by atoms with van der Waals surface area (Å²) in [5.41, 5.74) is 5.82. The van der Waals surface area contributed by atoms with E-state index in [0.717, 1.165) is 36.1 Å². The molecule has 130 valence electrons. The molecule has 5 rings (SSSR count). The highest BCUT2D eigenvalue weighted by atomic mass is 16.1. The van der Waals surface area contributed by atoms with Gasteiger partial charge in [0.1, 0.15) is 0 Å². The zero-order valence-electron chi connectivity index (χ0n) is 14.7. The minimum atomic E-state index is 0.00987. The summed E-state index contributed by atoms with van der Waals surface area (Å²) >= 11 is 0. The lowest BCUT2D eigenvalue weighted by molar-refractivity contribution is 0.103. The number of piperidine rings is 1. The molecule has 3 heteroatoms. The molecular formula is C23H22N2O. The van der Waals surface area contributed by atoms with Gasteiger partial charge in [0.2, 0.25) is 0 Å². The Morgan fingerprint density at radius 3 is 2.69 bits per heavy atom. The molecule has 0 atom stereocenters. The van der Waals surface area contributed by atoms with E-state index in [1.165, 1.54) is 34.9 Å². The first-order valence-corrected chi connectivity index (χ1v) is 9.45. The molecule has 1 saturated heterocycles. The number of hydrogen-bond donors (Lipinski definition) is 2. The van der Waals surface area contributed by atoms with Crippen LogP contribution in [-0.4, -0.2) is 19.0 Å². The molecular weight excluding hydrogens is 320 g/mol. The van der Waals surface area contributed by atoms with Gasteiger partial charge in [-0.3, -0.25) is 4.79 Å². The van der Waals surface area contributed by atoms with Gasteiger partial charge in [-0.1, -0.05) is 42.5 Å². The third-order valence-corrected chi connectivity index (χ3v) is 5.78. The van der Waals surface area contributed by atoms with E-state index in [1.807, 2.05) is 18.2 Å². The normalized spacial score (nSPS) is 16.8. The monoisotopic (exact) mass is 342 g/mol. The number of carbonyl (C=O) groups excluding carboxylic acids is 1. The molecule has 2 heterocycles. The van der Waals surface area contributed by atoms with E-state index < -0.39 is 0 Å². The largest absolute Gasteiger partial charge is 0.321 e. The van der Waals surface area contributed by atoms with Gasteiger partial charge in [0.05, 0.1) is 0 Å². The van der Waals surface area contributed by atoms with Gasteiger partial charge in [-0.05, 0) is 72.5 Å². The van der Waals surface area contributed by atoms with Crippen LogP contribution in [0.3, 0.4) is 0 Å². The standard InChI is InChI=1S/C23H22N2O/c26-23-20-6-2-5-19-18(7-8-21(25-23)22(19)20)14-15-3-1-4-17(13-15)16-9-11-24-12-10-16/h1-8,13,16,24H,9-12,14H2,(H,25,26). The van der Waals surface area contributed by atoms with Crippen LogP contribution in [0.5, 0.6) is 0 Å². The highest BCUT2D eigenvalue weighted by Gasteiger charge is 2.22. The molecule has 0 bridgehead atoms. The molecule has 0 radical (unpaired) electrons. The second kappa shape index (κ2) is 6.26. The molecule has 0 saturated carbocycles. The average molecular weight is 342 g/mol. The van der Waals surface area contributed by atoms with E-state index in [4.69, 9.17) is 0 Å². The molecule has 0 aromatic heterocycles. The van der Waals surface area contributed by atoms with Gasteiger partial charge in [-0.15, -0.1) is 0 Å². The van der Waals surface area contributed by atoms with Crippen LogP contribution in [0.2, 0.25) is 0 Å². The Hall–Kier alpha value is -2.65. The van der Waals surface area contributed by atoms with Crippen LogP contribution in [0.25, 0.3) is 10.8 Å². The second-order valence-corrected chi connectivity index (χ2v) is 7.40. The lowest BCUT2D eigenvalue weighted by Gasteiger charge is -2.23. The van der Waals surface area contributed by atoms with Crippen molar-refractivity contribution >= 4 is 22.4 Å². The molecule has 3 aromatic rings. The van der Waals surface area contributed by atoms with Crippen molar-refractivity contribution in [2.24, 2.45) is 0 Å². The zero-order valence-corrected chi connectivity index (χ0v) is 14.7. The van der Waals surface area contributed by atoms with Gasteiger partial charge >= 0.3 is 0 Å². The van der Waals surface area contributed by atoms with E-state index in [9.17, 15) is 4.79 Å². The summed E-state index contributed by atoms with van der Waals surface area (Å²) in [6, 6.07) is 19.3. The molecule has 2 N–H and O–H groups in total. The smallest absolute Gasteiger partial charge is 0.256 e. The first-order valence-electron chi connectivity index (χ1n) is 9.45. The van der Waals surface area contributed by atoms with E-state index in [1.54, 1.807) is 0 Å². The van der Waals surface area contributed by atoms with Crippen molar-refractivity contribution in [3.63, 3.8) is 0 Å². The SMILES string of the molecule is O=C1Nc2ccc(Cc3cccc(C4CCNCC4)c3)c3cccc1c23. The maximum absolute atomic E-state index is 12.1. The minimum absolute atomic E-state index is 0.00987. The Bertz CT molecular complexity index is 1000. The van der Waals surface area contributed by atoms with Crippen LogP contribution in [-0.2, 0) is 6.42 Å². The highest BCUT2D eigenvalue weighted by molar-refractivity contribution is 6.24. The summed E-state index contributed by atoms with van der Waals surface area (Å²) in [5.74, 6) is 0.682. The maximum Gasteiger partial charge on any atom is 0.256 e. The lowest BCUT2D eigenvalue weighted by Crippen LogP contribution is -2.26. The summed E-state index contributed by atoms with van der Waals surface area (Å²) in [7, 11) is 0. The van der Waals surface area contributed by atoms with Crippen LogP contribution in [0, 0.1) is 0 Å². The van der Waals surface area contributed by atoms with Crippen molar-refractivity contribution in [3.05, 3.63) is 76.9 Å². The number of nitrogens with one attached hydrogen (secondary N) is 2. The predicted octanol–water partition coefficient (Wildman–Crippen LogP) is 4.46. The summed E-state index contributed by atoms with van der Waals surface area (Å²) in [5, 5.41) is 8.67. The van der Waals surface area contributed by atoms with Crippen LogP contribution in [0.4, 0.5) is 5.69 Å². The van der Waals surface area contributed by atoms with E-state index >= 15 is 0 Å². The van der Waals surface area contributed by atoms with E-state index in [2.05, 4.69) is 47.0 Å². The number of benzene rings is 3. The zero-order chi connectivity index (χ0) is 17.5. The van der Waals surface area contributed by atoms with Gasteiger partial charge in [0, 0.05) is 16.6 Å². The first-order chi connectivity index (χ1) is 12.8. The number of rotatable bonds is 3. The summed E-state index contributed by atoms with van der Waals surface area (Å²) in [6.07, 6.45) is 3.34. The Labute approximate surface area is 153 Å². The van der Waals surface area contributed by atoms with Gasteiger partial charge in [0.25, 0.3) is 5.91 Å². The van der Waals surface area contributed by atoms with Gasteiger partial charge in [-0.25, -0.2) is 0 Å². The average Bonchev–Trinajstić information content (AvgIpc) is 3.02. The summed E-state index contributed by atoms with van der Waals surface area (Å²) in [6.45, 7) is 2.23. The third-order valence-electron chi connectivity index (χ3n) is 5.78. The van der Waals surface area contributed by atoms with Gasteiger partial charge in [-0.2, -0.15) is 0 Å². The quantitative estimate of drug-likeness (QED) is 0.738. The van der Waals surface area contributed by atoms with Crippen molar-refractivity contribution in [2.75, 3.05) is 18.4 Å². The fourth-order valence-corrected chi connectivity index (χ4v) is 4.44. The second-order valence-electron chi connectivity index (χ2n) is 7.40. The van der Waals surface area contributed by atoms with Crippen molar-refractivity contribution in [1.82, 2.24) is 5.32 Å². The van der Waals surface area contributed by atoms with Crippen molar-refractivity contribution in [1.29, 1.82) is 0 Å². The Morgan fingerprint density at radius 2 is 1.81 bits per heavy atom. The number of amides is 1. The van der Waals surface area contributed by atoms with Gasteiger partial charge < -0.3 is 10.6 Å². The number of carbonyl (C=O) groups is 1. The summed E-state index contributed by atoms with van der Waals surface area (Å²) in [4.78, 5) is 12.1. The first kappa shape index (κ1) is 15.6. The molecule has 0 aliphatic carbocycles. The fraction of sp³-hybridized carbons (Fsp3) is 0.261. The molecule has 26 heavy (non-hydrogen) atoms. The molecule has 0 unspecified atom stereocenters. The minimum Gasteiger partial charge on any atom is -0.321 e. The van der Waals surface area contributed by atoms with Crippen molar-refractivity contribution in [3.8, 4) is 0 Å². The van der Waals surface area contributed by atoms with Crippen LogP contribution < -0.4 is 10.6 Å². The highest BCUT2D eigenvalue weighted by Crippen LogP contribution is 2.36. The topological polar surface area (TPSA) is 41.1 Å². The lowest BCUT2D eigenvalue weighted by atomic mass is 9.88. The molecule has 2 aliphatic heterocycles. The van der Waals surface area contributed by atoms with Crippen LogP contribution in [0.15, 0.2) is 54.6 Å². The van der Waals surface area contributed by atoms with Crippen LogP contribution in [0.1, 0.15) is 45.8 Å². The number of anilines is 1. The van der Waals surface area contributed by atoms with E-state index in [0.29, 0.717) is 5.92 Å². The Kier molecular flexibility index (Phi) is 3.75. The third kappa shape index (κ3) is 2.60. The molecule has 3 nitrogen and oxygen atoms in total. The molecule has 1 fully saturated rings. The van der Waals surface area contributed by atoms with Crippen LogP contribution >= 0.6 is 0 Å². The molecule has 2 aliphatic rings. The molecule has 3 aromatic carbocycles. The van der Waals surface area contributed by atoms with E-state index in [-0.39, 0.29) is 5.91 Å². The maximum atomic E-state index is 12.1. The molecule has 0 spiro atoms. The number of hydrogen-bond acceptors (Lipinski definition) is 2. The van der Waals surface area contributed by atoms with Crippen molar-refractivity contribution < 1.29 is 4.79 Å². The van der Waals surface area contributed by atoms with Crippen molar-refractivity contribution in [2.45, 2.75) is 25.2 Å². The predicted molar refractivity (Wildman–Crippen MR) is 106 cm³/mol.